The third kappa shape index (κ3) is 5.54. The molecule has 0 bridgehead atoms. The monoisotopic (exact) mass is 594 g/mol. The van der Waals surface area contributed by atoms with Gasteiger partial charge in [-0.3, -0.25) is 9.59 Å². The molecule has 0 fully saturated rings. The van der Waals surface area contributed by atoms with Gasteiger partial charge in [0.2, 0.25) is 16.4 Å². The van der Waals surface area contributed by atoms with Crippen molar-refractivity contribution in [3.8, 4) is 17.6 Å². The quantitative estimate of drug-likeness (QED) is 0.283. The Morgan fingerprint density at radius 1 is 1.00 bits per heavy atom. The molecule has 0 aliphatic heterocycles. The molecule has 0 aliphatic carbocycles. The van der Waals surface area contributed by atoms with Crippen molar-refractivity contribution in [2.24, 2.45) is 0 Å². The maximum atomic E-state index is 13.8. The average molecular weight is 595 g/mol. The molecule has 0 radical (unpaired) electrons. The second-order valence-electron chi connectivity index (χ2n) is 9.34. The molecular formula is C26H24Cl2N10O3. The number of aryl methyl sites for hydroxylation is 2. The van der Waals surface area contributed by atoms with Gasteiger partial charge in [0.1, 0.15) is 11.2 Å². The van der Waals surface area contributed by atoms with Crippen LogP contribution in [0.4, 0.5) is 5.69 Å². The first-order valence-corrected chi connectivity index (χ1v) is 13.1. The van der Waals surface area contributed by atoms with E-state index in [0.717, 1.165) is 5.56 Å². The van der Waals surface area contributed by atoms with Crippen molar-refractivity contribution in [3.05, 3.63) is 69.6 Å². The Morgan fingerprint density at radius 2 is 1.73 bits per heavy atom. The number of aromatic nitrogens is 8. The van der Waals surface area contributed by atoms with Crippen LogP contribution in [0.3, 0.4) is 0 Å². The van der Waals surface area contributed by atoms with E-state index >= 15 is 0 Å². The van der Waals surface area contributed by atoms with Crippen LogP contribution >= 0.6 is 23.2 Å². The third-order valence-electron chi connectivity index (χ3n) is 5.97. The molecule has 0 atom stereocenters. The predicted molar refractivity (Wildman–Crippen MR) is 152 cm³/mol. The molecule has 15 heteroatoms. The van der Waals surface area contributed by atoms with Gasteiger partial charge < -0.3 is 15.4 Å². The molecule has 0 aliphatic rings. The molecule has 0 spiro atoms. The zero-order valence-corrected chi connectivity index (χ0v) is 24.1. The molecule has 210 valence electrons. The van der Waals surface area contributed by atoms with Crippen molar-refractivity contribution in [2.75, 3.05) is 12.4 Å². The normalized spacial score (nSPS) is 11.2. The van der Waals surface area contributed by atoms with Crippen molar-refractivity contribution >= 4 is 51.6 Å². The smallest absolute Gasteiger partial charge is 0.274 e. The lowest BCUT2D eigenvalue weighted by Crippen LogP contribution is -2.31. The number of nitrogens with zero attached hydrogens (tertiary/aromatic N) is 8. The van der Waals surface area contributed by atoms with Crippen LogP contribution in [-0.2, 0) is 0 Å². The zero-order chi connectivity index (χ0) is 29.4. The van der Waals surface area contributed by atoms with Gasteiger partial charge in [-0.15, -0.1) is 5.10 Å². The summed E-state index contributed by atoms with van der Waals surface area (Å²) in [6, 6.07) is 6.73. The SMILES string of the molecule is COc1cc(C(=O)Nc2c(C)cc3cn(-c4nc(Cl)nc(Cl)n4)nc3c2C(=O)NC(C)C)n(-c2ncccc2C)n1. The predicted octanol–water partition coefficient (Wildman–Crippen LogP) is 4.11. The van der Waals surface area contributed by atoms with Gasteiger partial charge in [0.15, 0.2) is 5.82 Å². The van der Waals surface area contributed by atoms with Gasteiger partial charge in [0.05, 0.1) is 18.4 Å². The molecule has 0 saturated heterocycles. The Bertz CT molecular complexity index is 1790. The average Bonchev–Trinajstić information content (AvgIpc) is 3.53. The highest BCUT2D eigenvalue weighted by Crippen LogP contribution is 2.31. The number of fused-ring (bicyclic) bond motifs is 1. The Labute approximate surface area is 243 Å². The summed E-state index contributed by atoms with van der Waals surface area (Å²) in [5, 5.41) is 15.1. The van der Waals surface area contributed by atoms with E-state index < -0.39 is 11.8 Å². The summed E-state index contributed by atoms with van der Waals surface area (Å²) in [7, 11) is 1.45. The minimum Gasteiger partial charge on any atom is -0.480 e. The fraction of sp³-hybridized carbons (Fsp3) is 0.231. The summed E-state index contributed by atoms with van der Waals surface area (Å²) in [6.45, 7) is 7.29. The number of carbonyl (C=O) groups excluding carboxylic acids is 2. The van der Waals surface area contributed by atoms with E-state index in [0.29, 0.717) is 22.3 Å². The van der Waals surface area contributed by atoms with E-state index in [-0.39, 0.29) is 45.4 Å². The van der Waals surface area contributed by atoms with E-state index in [1.54, 1.807) is 31.5 Å². The number of ether oxygens (including phenoxy) is 1. The summed E-state index contributed by atoms with van der Waals surface area (Å²) in [5.41, 5.74) is 2.27. The lowest BCUT2D eigenvalue weighted by atomic mass is 10.0. The number of rotatable bonds is 7. The number of methoxy groups -OCH3 is 1. The van der Waals surface area contributed by atoms with Crippen LogP contribution in [0.2, 0.25) is 10.6 Å². The minimum atomic E-state index is -0.539. The number of pyridine rings is 1. The molecule has 4 heterocycles. The maximum absolute atomic E-state index is 13.8. The van der Waals surface area contributed by atoms with Gasteiger partial charge in [-0.2, -0.15) is 20.1 Å². The molecule has 0 saturated carbocycles. The summed E-state index contributed by atoms with van der Waals surface area (Å²) in [4.78, 5) is 43.6. The van der Waals surface area contributed by atoms with Crippen LogP contribution in [0.1, 0.15) is 45.8 Å². The fourth-order valence-corrected chi connectivity index (χ4v) is 4.56. The van der Waals surface area contributed by atoms with E-state index in [1.165, 1.54) is 22.5 Å². The molecule has 1 aromatic carbocycles. The first-order chi connectivity index (χ1) is 19.5. The van der Waals surface area contributed by atoms with Crippen LogP contribution in [0, 0.1) is 13.8 Å². The first kappa shape index (κ1) is 27.9. The Balaban J connectivity index is 1.65. The number of nitrogens with one attached hydrogen (secondary N) is 2. The lowest BCUT2D eigenvalue weighted by Gasteiger charge is -2.16. The number of halogens is 2. The van der Waals surface area contributed by atoms with E-state index in [1.807, 2.05) is 26.8 Å². The van der Waals surface area contributed by atoms with Crippen LogP contribution in [0.25, 0.3) is 22.7 Å². The molecular weight excluding hydrogens is 571 g/mol. The summed E-state index contributed by atoms with van der Waals surface area (Å²) >= 11 is 11.9. The van der Waals surface area contributed by atoms with Gasteiger partial charge in [-0.25, -0.2) is 14.3 Å². The fourth-order valence-electron chi connectivity index (χ4n) is 4.20. The van der Waals surface area contributed by atoms with Gasteiger partial charge in [0, 0.05) is 29.9 Å². The molecule has 2 N–H and O–H groups in total. The third-order valence-corrected chi connectivity index (χ3v) is 6.30. The molecule has 5 aromatic rings. The molecule has 2 amide bonds. The van der Waals surface area contributed by atoms with Gasteiger partial charge in [-0.1, -0.05) is 6.07 Å². The molecule has 4 aromatic heterocycles. The second-order valence-corrected chi connectivity index (χ2v) is 10.0. The Hall–Kier alpha value is -4.62. The van der Waals surface area contributed by atoms with Crippen LogP contribution in [-0.4, -0.2) is 64.5 Å². The number of carbonyl (C=O) groups is 2. The Kier molecular flexibility index (Phi) is 7.56. The molecule has 0 unspecified atom stereocenters. The highest BCUT2D eigenvalue weighted by molar-refractivity contribution is 6.31. The number of amides is 2. The van der Waals surface area contributed by atoms with E-state index in [9.17, 15) is 9.59 Å². The van der Waals surface area contributed by atoms with Crippen molar-refractivity contribution in [2.45, 2.75) is 33.7 Å². The topological polar surface area (TPSA) is 155 Å². The van der Waals surface area contributed by atoms with E-state index in [2.05, 4.69) is 40.8 Å². The van der Waals surface area contributed by atoms with Crippen molar-refractivity contribution < 1.29 is 14.3 Å². The van der Waals surface area contributed by atoms with Gasteiger partial charge in [0.25, 0.3) is 17.8 Å². The summed E-state index contributed by atoms with van der Waals surface area (Å²) < 4.78 is 8.03. The lowest BCUT2D eigenvalue weighted by molar-refractivity contribution is 0.0945. The molecule has 5 rings (SSSR count). The highest BCUT2D eigenvalue weighted by atomic mass is 35.5. The maximum Gasteiger partial charge on any atom is 0.274 e. The molecule has 13 nitrogen and oxygen atoms in total. The van der Waals surface area contributed by atoms with Crippen LogP contribution < -0.4 is 15.4 Å². The highest BCUT2D eigenvalue weighted by Gasteiger charge is 2.26. The standard InChI is InChI=1S/C26H24Cl2N10O3/c1-12(2)30-23(40)18-19(14(4)9-15-11-37(36-20(15)18)26-33-24(27)32-25(28)34-26)31-22(39)16-10-17(41-5)35-38(16)21-13(3)7-6-8-29-21/h6-12H,1-5H3,(H,30,40)(H,31,39). The number of hydrogen-bond donors (Lipinski definition) is 2. The second kappa shape index (κ2) is 11.1. The summed E-state index contributed by atoms with van der Waals surface area (Å²) in [6.07, 6.45) is 3.24. The Morgan fingerprint density at radius 3 is 2.39 bits per heavy atom. The van der Waals surface area contributed by atoms with Crippen molar-refractivity contribution in [1.82, 2.24) is 44.8 Å². The number of benzene rings is 1. The largest absolute Gasteiger partial charge is 0.480 e. The first-order valence-electron chi connectivity index (χ1n) is 12.3. The van der Waals surface area contributed by atoms with Gasteiger partial charge >= 0.3 is 0 Å². The molecule has 41 heavy (non-hydrogen) atoms. The van der Waals surface area contributed by atoms with Crippen molar-refractivity contribution in [3.63, 3.8) is 0 Å². The summed E-state index contributed by atoms with van der Waals surface area (Å²) in [5.74, 6) is -0.237. The number of anilines is 1. The zero-order valence-electron chi connectivity index (χ0n) is 22.6. The van der Waals surface area contributed by atoms with Crippen LogP contribution in [0.15, 0.2) is 36.7 Å². The number of hydrogen-bond acceptors (Lipinski definition) is 9. The van der Waals surface area contributed by atoms with Crippen LogP contribution in [0.5, 0.6) is 5.88 Å². The van der Waals surface area contributed by atoms with E-state index in [4.69, 9.17) is 27.9 Å². The van der Waals surface area contributed by atoms with Crippen molar-refractivity contribution in [1.29, 1.82) is 0 Å². The minimum absolute atomic E-state index is 0.0615. The van der Waals surface area contributed by atoms with Gasteiger partial charge in [-0.05, 0) is 74.2 Å².